The van der Waals surface area contributed by atoms with E-state index in [1.54, 1.807) is 25.2 Å². The molecule has 0 aliphatic carbocycles. The molecule has 0 aromatic heterocycles. The fourth-order valence-corrected chi connectivity index (χ4v) is 3.60. The summed E-state index contributed by atoms with van der Waals surface area (Å²) in [7, 11) is 1.61. The number of aliphatic imine (C=N–C) groups is 1. The predicted molar refractivity (Wildman–Crippen MR) is 106 cm³/mol. The lowest BCUT2D eigenvalue weighted by molar-refractivity contribution is -0.130. The molecule has 0 bridgehead atoms. The van der Waals surface area contributed by atoms with Gasteiger partial charge in [0.15, 0.2) is 5.96 Å². The van der Waals surface area contributed by atoms with Crippen molar-refractivity contribution < 1.29 is 4.79 Å². The maximum Gasteiger partial charge on any atom is 0.239 e. The van der Waals surface area contributed by atoms with Gasteiger partial charge in [0.1, 0.15) is 5.54 Å². The Labute approximate surface area is 164 Å². The monoisotopic (exact) mass is 371 g/mol. The van der Waals surface area contributed by atoms with E-state index in [-0.39, 0.29) is 11.9 Å². The van der Waals surface area contributed by atoms with Crippen LogP contribution in [-0.2, 0) is 16.8 Å². The van der Waals surface area contributed by atoms with Crippen LogP contribution in [0.1, 0.15) is 41.5 Å². The lowest BCUT2D eigenvalue weighted by Crippen LogP contribution is -2.52. The van der Waals surface area contributed by atoms with Crippen molar-refractivity contribution >= 4 is 11.9 Å². The molecule has 6 heteroatoms. The number of carbonyl (C=O) groups excluding carboxylic acids is 1. The maximum absolute atomic E-state index is 13.2. The summed E-state index contributed by atoms with van der Waals surface area (Å²) < 4.78 is 0. The minimum absolute atomic E-state index is 0.150. The number of aryl methyl sites for hydroxylation is 1. The van der Waals surface area contributed by atoms with Gasteiger partial charge in [0.2, 0.25) is 5.91 Å². The molecule has 140 valence electrons. The standard InChI is InChI=1S/C22H21N5O/c1-22(18-7-3-5-16(13-18)14-24)19(20(28)27(2)21(25)26-22)17-10-8-15(9-11-17)6-4-12-23/h3,5,7-11,13,19H,4,6H2,1-2H3,(H2,25,26)/t19-,22-/m1/s1. The highest BCUT2D eigenvalue weighted by atomic mass is 16.2. The molecule has 1 aliphatic heterocycles. The molecule has 6 nitrogen and oxygen atoms in total. The molecule has 2 N–H and O–H groups in total. The Kier molecular flexibility index (Phi) is 5.15. The van der Waals surface area contributed by atoms with Crippen LogP contribution >= 0.6 is 0 Å². The highest BCUT2D eigenvalue weighted by Crippen LogP contribution is 2.44. The molecule has 0 saturated heterocycles. The van der Waals surface area contributed by atoms with Crippen molar-refractivity contribution in [2.45, 2.75) is 31.2 Å². The molecule has 0 spiro atoms. The van der Waals surface area contributed by atoms with E-state index in [0.29, 0.717) is 18.4 Å². The van der Waals surface area contributed by atoms with Crippen molar-refractivity contribution in [1.82, 2.24) is 4.90 Å². The second kappa shape index (κ2) is 7.54. The van der Waals surface area contributed by atoms with Gasteiger partial charge in [0.25, 0.3) is 0 Å². The molecular formula is C22H21N5O. The molecule has 0 saturated carbocycles. The smallest absolute Gasteiger partial charge is 0.239 e. The summed E-state index contributed by atoms with van der Waals surface area (Å²) >= 11 is 0. The third-order valence-corrected chi connectivity index (χ3v) is 5.24. The van der Waals surface area contributed by atoms with Crippen molar-refractivity contribution in [1.29, 1.82) is 10.5 Å². The van der Waals surface area contributed by atoms with E-state index < -0.39 is 11.5 Å². The van der Waals surface area contributed by atoms with Crippen LogP contribution in [-0.4, -0.2) is 23.8 Å². The van der Waals surface area contributed by atoms with Crippen LogP contribution in [0.25, 0.3) is 0 Å². The summed E-state index contributed by atoms with van der Waals surface area (Å²) in [6.45, 7) is 1.87. The molecular weight excluding hydrogens is 350 g/mol. The number of benzene rings is 2. The number of hydrogen-bond acceptors (Lipinski definition) is 5. The number of nitrogens with zero attached hydrogens (tertiary/aromatic N) is 4. The molecule has 0 fully saturated rings. The first-order valence-corrected chi connectivity index (χ1v) is 9.00. The molecule has 28 heavy (non-hydrogen) atoms. The van der Waals surface area contributed by atoms with Crippen molar-refractivity contribution in [3.63, 3.8) is 0 Å². The van der Waals surface area contributed by atoms with Gasteiger partial charge in [-0.1, -0.05) is 36.4 Å². The van der Waals surface area contributed by atoms with E-state index in [4.69, 9.17) is 11.0 Å². The van der Waals surface area contributed by atoms with Gasteiger partial charge in [0, 0.05) is 13.5 Å². The Balaban J connectivity index is 2.11. The van der Waals surface area contributed by atoms with Gasteiger partial charge in [-0.15, -0.1) is 0 Å². The molecule has 0 unspecified atom stereocenters. The molecule has 0 radical (unpaired) electrons. The first-order chi connectivity index (χ1) is 13.4. The van der Waals surface area contributed by atoms with Crippen molar-refractivity contribution in [2.75, 3.05) is 7.05 Å². The van der Waals surface area contributed by atoms with Crippen LogP contribution < -0.4 is 5.73 Å². The van der Waals surface area contributed by atoms with Gasteiger partial charge in [-0.25, -0.2) is 4.99 Å². The zero-order chi connectivity index (χ0) is 20.3. The molecule has 2 aromatic carbocycles. The van der Waals surface area contributed by atoms with Crippen LogP contribution in [0, 0.1) is 22.7 Å². The summed E-state index contributed by atoms with van der Waals surface area (Å²) in [6.07, 6.45) is 1.12. The van der Waals surface area contributed by atoms with Gasteiger partial charge in [-0.05, 0) is 42.2 Å². The number of nitrogens with two attached hydrogens (primary N) is 1. The Hall–Kier alpha value is -3.64. The molecule has 1 amide bonds. The quantitative estimate of drug-likeness (QED) is 0.892. The van der Waals surface area contributed by atoms with Crippen molar-refractivity contribution in [2.24, 2.45) is 10.7 Å². The number of guanidine groups is 1. The average Bonchev–Trinajstić information content (AvgIpc) is 2.71. The van der Waals surface area contributed by atoms with E-state index in [1.165, 1.54) is 4.90 Å². The maximum atomic E-state index is 13.2. The van der Waals surface area contributed by atoms with Crippen molar-refractivity contribution in [3.8, 4) is 12.1 Å². The zero-order valence-electron chi connectivity index (χ0n) is 15.9. The molecule has 2 atom stereocenters. The third-order valence-electron chi connectivity index (χ3n) is 5.24. The average molecular weight is 371 g/mol. The molecule has 2 aromatic rings. The molecule has 1 aliphatic rings. The number of hydrogen-bond donors (Lipinski definition) is 1. The Morgan fingerprint density at radius 3 is 2.57 bits per heavy atom. The lowest BCUT2D eigenvalue weighted by atomic mass is 9.74. The van der Waals surface area contributed by atoms with E-state index in [2.05, 4.69) is 17.1 Å². The van der Waals surface area contributed by atoms with Crippen LogP contribution in [0.4, 0.5) is 0 Å². The SMILES string of the molecule is CN1C(=O)[C@@H](c2ccc(CCC#N)cc2)[C@@](C)(c2cccc(C#N)c2)N=C1N. The van der Waals surface area contributed by atoms with Gasteiger partial charge >= 0.3 is 0 Å². The number of nitriles is 2. The number of carbonyl (C=O) groups is 1. The van der Waals surface area contributed by atoms with E-state index in [9.17, 15) is 10.1 Å². The molecule has 3 rings (SSSR count). The Morgan fingerprint density at radius 2 is 1.93 bits per heavy atom. The second-order valence-corrected chi connectivity index (χ2v) is 7.04. The fourth-order valence-electron chi connectivity index (χ4n) is 3.60. The van der Waals surface area contributed by atoms with E-state index in [0.717, 1.165) is 16.7 Å². The summed E-state index contributed by atoms with van der Waals surface area (Å²) in [5.74, 6) is -0.581. The zero-order valence-corrected chi connectivity index (χ0v) is 15.9. The number of amides is 1. The largest absolute Gasteiger partial charge is 0.369 e. The Bertz CT molecular complexity index is 1010. The summed E-state index contributed by atoms with van der Waals surface area (Å²) in [4.78, 5) is 19.2. The summed E-state index contributed by atoms with van der Waals surface area (Å²) in [5.41, 5.74) is 8.22. The number of rotatable bonds is 4. The van der Waals surface area contributed by atoms with Gasteiger partial charge < -0.3 is 5.73 Å². The van der Waals surface area contributed by atoms with E-state index >= 15 is 0 Å². The predicted octanol–water partition coefficient (Wildman–Crippen LogP) is 2.80. The summed E-state index contributed by atoms with van der Waals surface area (Å²) in [6, 6.07) is 19.1. The van der Waals surface area contributed by atoms with Gasteiger partial charge in [-0.2, -0.15) is 10.5 Å². The minimum Gasteiger partial charge on any atom is -0.369 e. The van der Waals surface area contributed by atoms with Crippen LogP contribution in [0.15, 0.2) is 53.5 Å². The molecule has 1 heterocycles. The topological polar surface area (TPSA) is 106 Å². The van der Waals surface area contributed by atoms with Crippen molar-refractivity contribution in [3.05, 3.63) is 70.8 Å². The highest BCUT2D eigenvalue weighted by molar-refractivity contribution is 6.02. The first kappa shape index (κ1) is 19.1. The van der Waals surface area contributed by atoms with Crippen LogP contribution in [0.5, 0.6) is 0 Å². The van der Waals surface area contributed by atoms with Crippen LogP contribution in [0.3, 0.4) is 0 Å². The highest BCUT2D eigenvalue weighted by Gasteiger charge is 2.47. The van der Waals surface area contributed by atoms with Gasteiger partial charge in [0.05, 0.1) is 23.6 Å². The van der Waals surface area contributed by atoms with E-state index in [1.807, 2.05) is 37.3 Å². The third kappa shape index (κ3) is 3.33. The normalized spacial score (nSPS) is 21.6. The fraction of sp³-hybridized carbons (Fsp3) is 0.273. The number of likely N-dealkylation sites (N-methyl/N-ethyl adjacent to an activating group) is 1. The van der Waals surface area contributed by atoms with Gasteiger partial charge in [-0.3, -0.25) is 9.69 Å². The second-order valence-electron chi connectivity index (χ2n) is 7.04. The summed E-state index contributed by atoms with van der Waals surface area (Å²) in [5, 5.41) is 18.0. The Morgan fingerprint density at radius 1 is 1.21 bits per heavy atom. The lowest BCUT2D eigenvalue weighted by Gasteiger charge is -2.41. The minimum atomic E-state index is -0.936. The van der Waals surface area contributed by atoms with Crippen LogP contribution in [0.2, 0.25) is 0 Å². The first-order valence-electron chi connectivity index (χ1n) is 9.00.